The van der Waals surface area contributed by atoms with Crippen LogP contribution in [0.25, 0.3) is 0 Å². The summed E-state index contributed by atoms with van der Waals surface area (Å²) in [5.41, 5.74) is 2.39. The molecule has 0 amide bonds. The molecule has 0 fully saturated rings. The number of nitrogens with one attached hydrogen (secondary N) is 1. The third-order valence-corrected chi connectivity index (χ3v) is 2.59. The lowest BCUT2D eigenvalue weighted by Gasteiger charge is -2.11. The van der Waals surface area contributed by atoms with Gasteiger partial charge in [-0.15, -0.1) is 0 Å². The van der Waals surface area contributed by atoms with Crippen molar-refractivity contribution in [3.05, 3.63) is 23.4 Å². The highest BCUT2D eigenvalue weighted by Crippen LogP contribution is 2.14. The van der Waals surface area contributed by atoms with E-state index in [1.807, 2.05) is 13.0 Å². The van der Waals surface area contributed by atoms with Gasteiger partial charge in [0.05, 0.1) is 6.61 Å². The minimum absolute atomic E-state index is 0.668. The second kappa shape index (κ2) is 8.09. The van der Waals surface area contributed by atoms with Gasteiger partial charge in [0.15, 0.2) is 0 Å². The van der Waals surface area contributed by atoms with Gasteiger partial charge >= 0.3 is 0 Å². The highest BCUT2D eigenvalue weighted by Gasteiger charge is 2.03. The van der Waals surface area contributed by atoms with Crippen LogP contribution >= 0.6 is 0 Å². The number of hydrogen-bond acceptors (Lipinski definition) is 3. The SMILES string of the molecule is CCCc1cc(CNCC(C)C)cc(OCC)n1. The van der Waals surface area contributed by atoms with E-state index in [0.29, 0.717) is 12.5 Å². The quantitative estimate of drug-likeness (QED) is 0.769. The summed E-state index contributed by atoms with van der Waals surface area (Å²) >= 11 is 0. The van der Waals surface area contributed by atoms with Crippen LogP contribution in [0, 0.1) is 5.92 Å². The lowest BCUT2D eigenvalue weighted by Crippen LogP contribution is -2.19. The summed E-state index contributed by atoms with van der Waals surface area (Å²) in [4.78, 5) is 4.51. The molecular weight excluding hydrogens is 224 g/mol. The van der Waals surface area contributed by atoms with E-state index in [1.165, 1.54) is 5.56 Å². The first kappa shape index (κ1) is 15.0. The number of aromatic nitrogens is 1. The normalized spacial score (nSPS) is 10.9. The van der Waals surface area contributed by atoms with E-state index in [4.69, 9.17) is 4.74 Å². The number of aryl methyl sites for hydroxylation is 1. The van der Waals surface area contributed by atoms with E-state index in [-0.39, 0.29) is 0 Å². The van der Waals surface area contributed by atoms with Crippen molar-refractivity contribution in [2.24, 2.45) is 5.92 Å². The lowest BCUT2D eigenvalue weighted by atomic mass is 10.1. The molecule has 102 valence electrons. The number of rotatable bonds is 8. The van der Waals surface area contributed by atoms with E-state index in [2.05, 4.69) is 37.1 Å². The van der Waals surface area contributed by atoms with E-state index in [0.717, 1.165) is 37.5 Å². The molecule has 1 aromatic rings. The fraction of sp³-hybridized carbons (Fsp3) is 0.667. The minimum atomic E-state index is 0.668. The first-order chi connectivity index (χ1) is 8.65. The standard InChI is InChI=1S/C15H26N2O/c1-5-7-14-8-13(11-16-10-12(3)4)9-15(17-14)18-6-2/h8-9,12,16H,5-7,10-11H2,1-4H3. The van der Waals surface area contributed by atoms with Crippen molar-refractivity contribution in [3.8, 4) is 5.88 Å². The molecule has 0 radical (unpaired) electrons. The maximum absolute atomic E-state index is 5.52. The van der Waals surface area contributed by atoms with E-state index < -0.39 is 0 Å². The highest BCUT2D eigenvalue weighted by atomic mass is 16.5. The van der Waals surface area contributed by atoms with Crippen molar-refractivity contribution in [1.82, 2.24) is 10.3 Å². The number of ether oxygens (including phenoxy) is 1. The van der Waals surface area contributed by atoms with Gasteiger partial charge in [0, 0.05) is 18.3 Å². The Morgan fingerprint density at radius 3 is 2.67 bits per heavy atom. The van der Waals surface area contributed by atoms with Crippen LogP contribution < -0.4 is 10.1 Å². The van der Waals surface area contributed by atoms with Crippen LogP contribution in [0.1, 0.15) is 45.4 Å². The first-order valence-corrected chi connectivity index (χ1v) is 6.99. The zero-order valence-corrected chi connectivity index (χ0v) is 12.1. The van der Waals surface area contributed by atoms with E-state index >= 15 is 0 Å². The average molecular weight is 250 g/mol. The van der Waals surface area contributed by atoms with Crippen LogP contribution in [0.15, 0.2) is 12.1 Å². The molecule has 0 saturated carbocycles. The molecule has 18 heavy (non-hydrogen) atoms. The van der Waals surface area contributed by atoms with Crippen LogP contribution in [0.2, 0.25) is 0 Å². The molecule has 1 rings (SSSR count). The second-order valence-corrected chi connectivity index (χ2v) is 5.01. The van der Waals surface area contributed by atoms with Gasteiger partial charge in [-0.1, -0.05) is 27.2 Å². The van der Waals surface area contributed by atoms with Gasteiger partial charge in [0.2, 0.25) is 5.88 Å². The summed E-state index contributed by atoms with van der Waals surface area (Å²) in [5, 5.41) is 3.46. The van der Waals surface area contributed by atoms with Gasteiger partial charge in [-0.2, -0.15) is 0 Å². The Morgan fingerprint density at radius 1 is 1.28 bits per heavy atom. The molecule has 3 nitrogen and oxygen atoms in total. The third-order valence-electron chi connectivity index (χ3n) is 2.59. The molecule has 0 spiro atoms. The Morgan fingerprint density at radius 2 is 2.06 bits per heavy atom. The molecule has 0 saturated heterocycles. The molecule has 0 unspecified atom stereocenters. The Bertz CT molecular complexity index is 326. The van der Waals surface area contributed by atoms with Crippen LogP contribution in [0.3, 0.4) is 0 Å². The Balaban J connectivity index is 2.69. The van der Waals surface area contributed by atoms with Gasteiger partial charge in [-0.3, -0.25) is 0 Å². The fourth-order valence-electron chi connectivity index (χ4n) is 1.83. The minimum Gasteiger partial charge on any atom is -0.478 e. The number of pyridine rings is 1. The van der Waals surface area contributed by atoms with Crippen LogP contribution in [-0.2, 0) is 13.0 Å². The molecule has 0 aliphatic heterocycles. The average Bonchev–Trinajstić information content (AvgIpc) is 2.29. The summed E-state index contributed by atoms with van der Waals surface area (Å²) < 4.78 is 5.52. The van der Waals surface area contributed by atoms with Crippen molar-refractivity contribution in [1.29, 1.82) is 0 Å². The smallest absolute Gasteiger partial charge is 0.213 e. The maximum Gasteiger partial charge on any atom is 0.213 e. The zero-order chi connectivity index (χ0) is 13.4. The molecule has 0 atom stereocenters. The molecule has 0 aliphatic rings. The third kappa shape index (κ3) is 5.50. The van der Waals surface area contributed by atoms with Crippen molar-refractivity contribution in [2.45, 2.75) is 47.1 Å². The summed E-state index contributed by atoms with van der Waals surface area (Å²) in [6.45, 7) is 11.2. The van der Waals surface area contributed by atoms with Crippen LogP contribution in [0.5, 0.6) is 5.88 Å². The monoisotopic (exact) mass is 250 g/mol. The molecular formula is C15H26N2O. The summed E-state index contributed by atoms with van der Waals surface area (Å²) in [6.07, 6.45) is 2.12. The van der Waals surface area contributed by atoms with Crippen molar-refractivity contribution >= 4 is 0 Å². The highest BCUT2D eigenvalue weighted by molar-refractivity contribution is 5.25. The predicted octanol–water partition coefficient (Wildman–Crippen LogP) is 3.18. The van der Waals surface area contributed by atoms with Crippen LogP contribution in [0.4, 0.5) is 0 Å². The molecule has 1 N–H and O–H groups in total. The van der Waals surface area contributed by atoms with E-state index in [1.54, 1.807) is 0 Å². The maximum atomic E-state index is 5.52. The van der Waals surface area contributed by atoms with Gasteiger partial charge in [-0.05, 0) is 37.4 Å². The lowest BCUT2D eigenvalue weighted by molar-refractivity contribution is 0.325. The van der Waals surface area contributed by atoms with Crippen LogP contribution in [-0.4, -0.2) is 18.1 Å². The van der Waals surface area contributed by atoms with Crippen molar-refractivity contribution < 1.29 is 4.74 Å². The molecule has 0 aromatic carbocycles. The van der Waals surface area contributed by atoms with Gasteiger partial charge in [0.1, 0.15) is 0 Å². The topological polar surface area (TPSA) is 34.1 Å². The molecule has 1 heterocycles. The Kier molecular flexibility index (Phi) is 6.73. The molecule has 3 heteroatoms. The van der Waals surface area contributed by atoms with Gasteiger partial charge in [0.25, 0.3) is 0 Å². The number of hydrogen-bond donors (Lipinski definition) is 1. The molecule has 0 aliphatic carbocycles. The largest absolute Gasteiger partial charge is 0.478 e. The fourth-order valence-corrected chi connectivity index (χ4v) is 1.83. The molecule has 1 aromatic heterocycles. The van der Waals surface area contributed by atoms with Crippen molar-refractivity contribution in [3.63, 3.8) is 0 Å². The summed E-state index contributed by atoms with van der Waals surface area (Å²) in [7, 11) is 0. The number of nitrogens with zero attached hydrogens (tertiary/aromatic N) is 1. The van der Waals surface area contributed by atoms with Crippen molar-refractivity contribution in [2.75, 3.05) is 13.2 Å². The Hall–Kier alpha value is -1.09. The van der Waals surface area contributed by atoms with Gasteiger partial charge in [-0.25, -0.2) is 4.98 Å². The Labute approximate surface area is 111 Å². The van der Waals surface area contributed by atoms with E-state index in [9.17, 15) is 0 Å². The predicted molar refractivity (Wildman–Crippen MR) is 75.9 cm³/mol. The summed E-state index contributed by atoms with van der Waals surface area (Å²) in [5.74, 6) is 1.43. The first-order valence-electron chi connectivity index (χ1n) is 6.99. The molecule has 0 bridgehead atoms. The zero-order valence-electron chi connectivity index (χ0n) is 12.1. The van der Waals surface area contributed by atoms with Gasteiger partial charge < -0.3 is 10.1 Å². The summed E-state index contributed by atoms with van der Waals surface area (Å²) in [6, 6.07) is 4.22. The second-order valence-electron chi connectivity index (χ2n) is 5.01.